The standard InChI is InChI=1S/C31H33FN6O/c1-36-12-4-11-31(36)17-38(18-31)30-34-28-25(29(35-30)37-15-20-7-8-21(16-37)33-20)10-9-24(27(28)32)26-14-22(39)13-19-5-2-3-6-23(19)26/h2-3,5-6,9-10,13-14,20-21,33,39H,4,7-8,11-12,15-18H2,1H3. The van der Waals surface area contributed by atoms with Crippen molar-refractivity contribution in [2.24, 2.45) is 0 Å². The maximum absolute atomic E-state index is 16.6. The molecule has 39 heavy (non-hydrogen) atoms. The highest BCUT2D eigenvalue weighted by Crippen LogP contribution is 2.42. The molecule has 0 radical (unpaired) electrons. The first kappa shape index (κ1) is 23.4. The number of nitrogens with one attached hydrogen (secondary N) is 1. The van der Waals surface area contributed by atoms with Gasteiger partial charge in [0.2, 0.25) is 5.95 Å². The van der Waals surface area contributed by atoms with Crippen molar-refractivity contribution in [3.05, 3.63) is 54.3 Å². The molecule has 4 aliphatic rings. The SMILES string of the molecule is CN1CCCC12CN(c1nc(N3CC4CCC(C3)N4)c3ccc(-c4cc(O)cc5ccccc45)c(F)c3n1)C2. The molecule has 4 aliphatic heterocycles. The Morgan fingerprint density at radius 2 is 1.74 bits per heavy atom. The molecular formula is C31H33FN6O. The van der Waals surface area contributed by atoms with Crippen LogP contribution in [0.4, 0.5) is 16.2 Å². The third-order valence-corrected chi connectivity index (χ3v) is 9.63. The van der Waals surface area contributed by atoms with Crippen LogP contribution in [0.5, 0.6) is 5.75 Å². The monoisotopic (exact) mass is 524 g/mol. The Labute approximate surface area is 227 Å². The largest absolute Gasteiger partial charge is 0.508 e. The lowest BCUT2D eigenvalue weighted by Gasteiger charge is -2.52. The summed E-state index contributed by atoms with van der Waals surface area (Å²) in [6, 6.07) is 15.8. The van der Waals surface area contributed by atoms with E-state index in [-0.39, 0.29) is 17.1 Å². The number of aromatic nitrogens is 2. The van der Waals surface area contributed by atoms with E-state index in [4.69, 9.17) is 9.97 Å². The number of aromatic hydroxyl groups is 1. The Hall–Kier alpha value is -3.49. The van der Waals surface area contributed by atoms with Crippen molar-refractivity contribution in [1.82, 2.24) is 20.2 Å². The first-order valence-electron chi connectivity index (χ1n) is 14.2. The highest BCUT2D eigenvalue weighted by Gasteiger charge is 2.49. The molecule has 2 atom stereocenters. The number of likely N-dealkylation sites (tertiary alicyclic amines) is 1. The highest BCUT2D eigenvalue weighted by atomic mass is 19.1. The fourth-order valence-corrected chi connectivity index (χ4v) is 7.49. The quantitative estimate of drug-likeness (QED) is 0.409. The topological polar surface area (TPSA) is 67.8 Å². The second-order valence-electron chi connectivity index (χ2n) is 12.0. The van der Waals surface area contributed by atoms with E-state index in [9.17, 15) is 5.11 Å². The number of phenolic OH excluding ortho intramolecular Hbond substituents is 1. The number of hydrogen-bond acceptors (Lipinski definition) is 7. The molecule has 4 fully saturated rings. The molecule has 2 N–H and O–H groups in total. The molecule has 8 rings (SSSR count). The number of likely N-dealkylation sites (N-methyl/N-ethyl adjacent to an activating group) is 1. The Bertz CT molecular complexity index is 1610. The Morgan fingerprint density at radius 3 is 2.51 bits per heavy atom. The van der Waals surface area contributed by atoms with Gasteiger partial charge in [-0.05, 0) is 73.8 Å². The number of benzene rings is 3. The van der Waals surface area contributed by atoms with Crippen LogP contribution in [-0.2, 0) is 0 Å². The number of fused-ring (bicyclic) bond motifs is 4. The second-order valence-corrected chi connectivity index (χ2v) is 12.0. The number of halogens is 1. The number of hydrogen-bond donors (Lipinski definition) is 2. The van der Waals surface area contributed by atoms with E-state index < -0.39 is 0 Å². The summed E-state index contributed by atoms with van der Waals surface area (Å²) in [6.45, 7) is 4.61. The van der Waals surface area contributed by atoms with Gasteiger partial charge >= 0.3 is 0 Å². The smallest absolute Gasteiger partial charge is 0.228 e. The number of anilines is 2. The molecule has 4 saturated heterocycles. The third-order valence-electron chi connectivity index (χ3n) is 9.63. The zero-order valence-corrected chi connectivity index (χ0v) is 22.2. The minimum atomic E-state index is -0.362. The molecule has 5 heterocycles. The summed E-state index contributed by atoms with van der Waals surface area (Å²) in [5, 5.41) is 16.7. The van der Waals surface area contributed by atoms with Crippen LogP contribution in [-0.4, -0.2) is 77.4 Å². The van der Waals surface area contributed by atoms with Crippen LogP contribution < -0.4 is 15.1 Å². The lowest BCUT2D eigenvalue weighted by atomic mass is 9.87. The van der Waals surface area contributed by atoms with Crippen molar-refractivity contribution < 1.29 is 9.50 Å². The molecule has 2 bridgehead atoms. The maximum atomic E-state index is 16.6. The lowest BCUT2D eigenvalue weighted by molar-refractivity contribution is 0.132. The molecule has 200 valence electrons. The number of phenols is 1. The van der Waals surface area contributed by atoms with Crippen molar-refractivity contribution in [3.63, 3.8) is 0 Å². The average molecular weight is 525 g/mol. The summed E-state index contributed by atoms with van der Waals surface area (Å²) in [7, 11) is 2.21. The molecule has 4 aromatic rings. The Morgan fingerprint density at radius 1 is 0.949 bits per heavy atom. The normalized spacial score (nSPS) is 24.3. The van der Waals surface area contributed by atoms with Crippen LogP contribution in [0, 0.1) is 5.82 Å². The summed E-state index contributed by atoms with van der Waals surface area (Å²) in [6.07, 6.45) is 4.74. The molecule has 1 spiro atoms. The molecule has 3 aromatic carbocycles. The molecule has 0 saturated carbocycles. The van der Waals surface area contributed by atoms with Crippen LogP contribution >= 0.6 is 0 Å². The molecule has 7 nitrogen and oxygen atoms in total. The second kappa shape index (κ2) is 8.50. The van der Waals surface area contributed by atoms with Crippen molar-refractivity contribution in [1.29, 1.82) is 0 Å². The number of nitrogens with zero attached hydrogens (tertiary/aromatic N) is 5. The molecule has 0 aliphatic carbocycles. The van der Waals surface area contributed by atoms with E-state index >= 15 is 4.39 Å². The van der Waals surface area contributed by atoms with E-state index in [1.165, 1.54) is 25.7 Å². The van der Waals surface area contributed by atoms with E-state index in [1.54, 1.807) is 12.1 Å². The van der Waals surface area contributed by atoms with Crippen LogP contribution in [0.15, 0.2) is 48.5 Å². The molecule has 8 heteroatoms. The molecule has 0 amide bonds. The van der Waals surface area contributed by atoms with E-state index in [0.29, 0.717) is 34.7 Å². The number of piperazine rings is 1. The van der Waals surface area contributed by atoms with Crippen molar-refractivity contribution in [2.45, 2.75) is 43.3 Å². The Balaban J connectivity index is 1.28. The zero-order chi connectivity index (χ0) is 26.3. The number of rotatable bonds is 3. The predicted molar refractivity (Wildman–Crippen MR) is 153 cm³/mol. The summed E-state index contributed by atoms with van der Waals surface area (Å²) >= 11 is 0. The van der Waals surface area contributed by atoms with Gasteiger partial charge < -0.3 is 20.2 Å². The lowest BCUT2D eigenvalue weighted by Crippen LogP contribution is -2.67. The Kier molecular flexibility index (Phi) is 5.10. The van der Waals surface area contributed by atoms with Gasteiger partial charge in [0.1, 0.15) is 17.1 Å². The molecule has 2 unspecified atom stereocenters. The van der Waals surface area contributed by atoms with Crippen LogP contribution in [0.3, 0.4) is 0 Å². The van der Waals surface area contributed by atoms with E-state index in [1.807, 2.05) is 36.4 Å². The van der Waals surface area contributed by atoms with Crippen molar-refractivity contribution in [2.75, 3.05) is 49.6 Å². The molecule has 1 aromatic heterocycles. The minimum Gasteiger partial charge on any atom is -0.508 e. The van der Waals surface area contributed by atoms with Crippen molar-refractivity contribution >= 4 is 33.4 Å². The van der Waals surface area contributed by atoms with Gasteiger partial charge in [-0.15, -0.1) is 0 Å². The first-order valence-corrected chi connectivity index (χ1v) is 14.2. The van der Waals surface area contributed by atoms with Gasteiger partial charge in [-0.1, -0.05) is 30.3 Å². The predicted octanol–water partition coefficient (Wildman–Crippen LogP) is 4.52. The van der Waals surface area contributed by atoms with Gasteiger partial charge in [-0.3, -0.25) is 4.90 Å². The van der Waals surface area contributed by atoms with Crippen LogP contribution in [0.25, 0.3) is 32.8 Å². The molecular weight excluding hydrogens is 491 g/mol. The van der Waals surface area contributed by atoms with Crippen molar-refractivity contribution in [3.8, 4) is 16.9 Å². The minimum absolute atomic E-state index is 0.120. The summed E-state index contributed by atoms with van der Waals surface area (Å²) in [4.78, 5) is 17.0. The summed E-state index contributed by atoms with van der Waals surface area (Å²) < 4.78 is 16.6. The maximum Gasteiger partial charge on any atom is 0.228 e. The van der Waals surface area contributed by atoms with Gasteiger partial charge in [-0.2, -0.15) is 4.98 Å². The fraction of sp³-hybridized carbons (Fsp3) is 0.419. The van der Waals surface area contributed by atoms with Gasteiger partial charge in [0.05, 0.1) is 5.54 Å². The average Bonchev–Trinajstić information content (AvgIpc) is 3.47. The highest BCUT2D eigenvalue weighted by molar-refractivity contribution is 6.01. The van der Waals surface area contributed by atoms with E-state index in [2.05, 4.69) is 27.1 Å². The zero-order valence-electron chi connectivity index (χ0n) is 22.2. The van der Waals surface area contributed by atoms with Gasteiger partial charge in [0, 0.05) is 49.2 Å². The summed E-state index contributed by atoms with van der Waals surface area (Å²) in [5.41, 5.74) is 1.66. The third kappa shape index (κ3) is 3.61. The summed E-state index contributed by atoms with van der Waals surface area (Å²) in [5.74, 6) is 1.21. The van der Waals surface area contributed by atoms with Crippen LogP contribution in [0.2, 0.25) is 0 Å². The van der Waals surface area contributed by atoms with Gasteiger partial charge in [-0.25, -0.2) is 9.37 Å². The van der Waals surface area contributed by atoms with E-state index in [0.717, 1.165) is 54.7 Å². The fourth-order valence-electron chi connectivity index (χ4n) is 7.49. The van der Waals surface area contributed by atoms with Crippen LogP contribution in [0.1, 0.15) is 25.7 Å². The van der Waals surface area contributed by atoms with Gasteiger partial charge in [0.15, 0.2) is 5.82 Å². The first-order chi connectivity index (χ1) is 19.0. The van der Waals surface area contributed by atoms with Gasteiger partial charge in [0.25, 0.3) is 0 Å².